The van der Waals surface area contributed by atoms with Crippen LogP contribution in [0.3, 0.4) is 0 Å². The Hall–Kier alpha value is -1.76. The van der Waals surface area contributed by atoms with Gasteiger partial charge in [-0.15, -0.1) is 11.3 Å². The van der Waals surface area contributed by atoms with Crippen molar-refractivity contribution < 1.29 is 14.6 Å². The predicted octanol–water partition coefficient (Wildman–Crippen LogP) is 3.88. The van der Waals surface area contributed by atoms with Crippen LogP contribution >= 0.6 is 11.3 Å². The van der Waals surface area contributed by atoms with E-state index in [0.29, 0.717) is 25.6 Å². The van der Waals surface area contributed by atoms with Crippen LogP contribution in [0.15, 0.2) is 29.6 Å². The van der Waals surface area contributed by atoms with E-state index >= 15 is 0 Å². The van der Waals surface area contributed by atoms with E-state index in [-0.39, 0.29) is 11.5 Å². The first-order valence-electron chi connectivity index (χ1n) is 10.8. The number of rotatable bonds is 4. The zero-order chi connectivity index (χ0) is 19.6. The lowest BCUT2D eigenvalue weighted by Crippen LogP contribution is -2.51. The molecular formula is C23H26N2O3S. The quantitative estimate of drug-likeness (QED) is 0.831. The second-order valence-electron chi connectivity index (χ2n) is 9.35. The van der Waals surface area contributed by atoms with Crippen LogP contribution in [0.5, 0.6) is 0 Å². The second-order valence-corrected chi connectivity index (χ2v) is 10.2. The number of aromatic nitrogens is 1. The van der Waals surface area contributed by atoms with Crippen molar-refractivity contribution in [2.45, 2.75) is 50.2 Å². The average Bonchev–Trinajstić information content (AvgIpc) is 3.16. The minimum Gasteiger partial charge on any atom is -0.385 e. The molecule has 0 unspecified atom stereocenters. The Labute approximate surface area is 174 Å². The summed E-state index contributed by atoms with van der Waals surface area (Å²) in [5.74, 6) is 1.14. The summed E-state index contributed by atoms with van der Waals surface area (Å²) in [5, 5.41) is 13.6. The van der Waals surface area contributed by atoms with Gasteiger partial charge in [0.25, 0.3) is 0 Å². The molecule has 29 heavy (non-hydrogen) atoms. The lowest BCUT2D eigenvalue weighted by molar-refractivity contribution is -0.154. The average molecular weight is 411 g/mol. The van der Waals surface area contributed by atoms with E-state index in [1.165, 1.54) is 6.42 Å². The van der Waals surface area contributed by atoms with Gasteiger partial charge in [0.1, 0.15) is 11.1 Å². The number of nitrogens with zero attached hydrogens (tertiary/aromatic N) is 2. The van der Waals surface area contributed by atoms with Crippen molar-refractivity contribution in [2.24, 2.45) is 11.3 Å². The van der Waals surface area contributed by atoms with Crippen LogP contribution < -0.4 is 0 Å². The van der Waals surface area contributed by atoms with Crippen LogP contribution in [0, 0.1) is 11.3 Å². The summed E-state index contributed by atoms with van der Waals surface area (Å²) in [6.45, 7) is 1.86. The Balaban J connectivity index is 1.22. The minimum atomic E-state index is -0.688. The highest BCUT2D eigenvalue weighted by molar-refractivity contribution is 7.10. The molecule has 0 spiro atoms. The molecule has 152 valence electrons. The van der Waals surface area contributed by atoms with E-state index in [0.717, 1.165) is 59.9 Å². The number of morpholine rings is 1. The highest BCUT2D eigenvalue weighted by atomic mass is 32.1. The van der Waals surface area contributed by atoms with Crippen LogP contribution in [0.2, 0.25) is 0 Å². The summed E-state index contributed by atoms with van der Waals surface area (Å²) < 4.78 is 6.02. The molecule has 1 amide bonds. The number of benzene rings is 1. The van der Waals surface area contributed by atoms with E-state index in [9.17, 15) is 9.90 Å². The summed E-state index contributed by atoms with van der Waals surface area (Å²) >= 11 is 1.59. The summed E-state index contributed by atoms with van der Waals surface area (Å²) in [7, 11) is 0. The molecule has 5 aliphatic rings. The van der Waals surface area contributed by atoms with E-state index < -0.39 is 5.60 Å². The number of ether oxygens (including phenoxy) is 1. The third-order valence-electron chi connectivity index (χ3n) is 7.42. The van der Waals surface area contributed by atoms with Gasteiger partial charge >= 0.3 is 0 Å². The van der Waals surface area contributed by atoms with Gasteiger partial charge in [-0.2, -0.15) is 0 Å². The lowest BCUT2D eigenvalue weighted by Gasteiger charge is -2.43. The smallest absolute Gasteiger partial charge is 0.228 e. The van der Waals surface area contributed by atoms with Gasteiger partial charge < -0.3 is 14.7 Å². The maximum atomic E-state index is 13.2. The van der Waals surface area contributed by atoms with Gasteiger partial charge in [0.15, 0.2) is 0 Å². The molecule has 1 aromatic carbocycles. The summed E-state index contributed by atoms with van der Waals surface area (Å²) in [6, 6.07) is 8.01. The number of hydrogen-bond acceptors (Lipinski definition) is 5. The third-order valence-corrected chi connectivity index (χ3v) is 8.36. The molecule has 5 fully saturated rings. The highest BCUT2D eigenvalue weighted by Crippen LogP contribution is 2.59. The van der Waals surface area contributed by atoms with Gasteiger partial charge in [-0.1, -0.05) is 24.3 Å². The van der Waals surface area contributed by atoms with Crippen LogP contribution in [0.25, 0.3) is 11.3 Å². The Morgan fingerprint density at radius 2 is 2.07 bits per heavy atom. The molecule has 0 radical (unpaired) electrons. The molecule has 4 aliphatic carbocycles. The number of carbonyl (C=O) groups is 1. The monoisotopic (exact) mass is 410 g/mol. The fraction of sp³-hybridized carbons (Fsp3) is 0.565. The van der Waals surface area contributed by atoms with Crippen molar-refractivity contribution in [2.75, 3.05) is 19.7 Å². The molecule has 1 aromatic heterocycles. The van der Waals surface area contributed by atoms with Crippen molar-refractivity contribution >= 4 is 17.2 Å². The van der Waals surface area contributed by atoms with Gasteiger partial charge in [0, 0.05) is 22.9 Å². The fourth-order valence-electron chi connectivity index (χ4n) is 5.59. The predicted molar refractivity (Wildman–Crippen MR) is 110 cm³/mol. The van der Waals surface area contributed by atoms with Gasteiger partial charge in [-0.3, -0.25) is 4.79 Å². The van der Waals surface area contributed by atoms with Crippen molar-refractivity contribution in [1.82, 2.24) is 9.88 Å². The first-order valence-corrected chi connectivity index (χ1v) is 11.6. The molecule has 2 aromatic rings. The lowest BCUT2D eigenvalue weighted by atomic mass is 9.68. The maximum absolute atomic E-state index is 13.2. The Morgan fingerprint density at radius 3 is 2.83 bits per heavy atom. The maximum Gasteiger partial charge on any atom is 0.228 e. The van der Waals surface area contributed by atoms with Crippen molar-refractivity contribution in [3.05, 3.63) is 40.2 Å². The molecule has 1 N–H and O–H groups in total. The topological polar surface area (TPSA) is 62.7 Å². The molecule has 5 nitrogen and oxygen atoms in total. The highest BCUT2D eigenvalue weighted by Gasteiger charge is 2.56. The number of aliphatic hydroxyl groups is 1. The number of amides is 1. The first kappa shape index (κ1) is 18.0. The zero-order valence-electron chi connectivity index (χ0n) is 16.5. The molecule has 1 atom stereocenters. The molecule has 4 saturated carbocycles. The summed E-state index contributed by atoms with van der Waals surface area (Å²) in [4.78, 5) is 20.0. The van der Waals surface area contributed by atoms with Crippen molar-refractivity contribution in [3.8, 4) is 11.3 Å². The summed E-state index contributed by atoms with van der Waals surface area (Å²) in [5.41, 5.74) is 2.12. The van der Waals surface area contributed by atoms with E-state index in [2.05, 4.69) is 5.38 Å². The van der Waals surface area contributed by atoms with Crippen LogP contribution in [-0.4, -0.2) is 40.6 Å². The van der Waals surface area contributed by atoms with Crippen LogP contribution in [0.1, 0.15) is 55.2 Å². The van der Waals surface area contributed by atoms with E-state index in [1.807, 2.05) is 29.2 Å². The Morgan fingerprint density at radius 1 is 1.24 bits per heavy atom. The number of carbonyl (C=O) groups excluding carboxylic acids is 1. The molecule has 2 bridgehead atoms. The second kappa shape index (κ2) is 6.37. The number of hydrogen-bond donors (Lipinski definition) is 1. The largest absolute Gasteiger partial charge is 0.385 e. The molecular weight excluding hydrogens is 384 g/mol. The van der Waals surface area contributed by atoms with Gasteiger partial charge in [-0.25, -0.2) is 4.98 Å². The molecule has 6 heteroatoms. The molecule has 7 rings (SSSR count). The molecule has 1 saturated heterocycles. The molecule has 1 aliphatic heterocycles. The normalized spacial score (nSPS) is 32.1. The van der Waals surface area contributed by atoms with Gasteiger partial charge in [0.2, 0.25) is 5.91 Å². The van der Waals surface area contributed by atoms with E-state index in [4.69, 9.17) is 9.72 Å². The number of fused-ring (bicyclic) bond motifs is 1. The fourth-order valence-corrected chi connectivity index (χ4v) is 6.45. The minimum absolute atomic E-state index is 0.0563. The Bertz CT molecular complexity index is 955. The first-order chi connectivity index (χ1) is 14.1. The van der Waals surface area contributed by atoms with Crippen molar-refractivity contribution in [3.63, 3.8) is 0 Å². The summed E-state index contributed by atoms with van der Waals surface area (Å²) in [6.07, 6.45) is 5.94. The SMILES string of the molecule is O=C(N1CCO[C@@H](c2nc(-c3ccccc3C3(O)CC3)cs2)C1)C12CCC(C1)C2. The zero-order valence-corrected chi connectivity index (χ0v) is 17.3. The Kier molecular flexibility index (Phi) is 3.96. The van der Waals surface area contributed by atoms with Gasteiger partial charge in [0.05, 0.1) is 24.4 Å². The van der Waals surface area contributed by atoms with Crippen LogP contribution in [-0.2, 0) is 15.1 Å². The standard InChI is InChI=1S/C23H26N2O3S/c26-21(22-6-5-15(11-22)12-22)25-9-10-28-19(13-25)20-24-18(14-29-20)16-3-1-2-4-17(16)23(27)7-8-23/h1-4,14-15,19,27H,5-13H2/t15?,19-,22?/m1/s1. The van der Waals surface area contributed by atoms with Gasteiger partial charge in [-0.05, 0) is 50.0 Å². The van der Waals surface area contributed by atoms with Crippen LogP contribution in [0.4, 0.5) is 0 Å². The molecule has 2 heterocycles. The van der Waals surface area contributed by atoms with Crippen molar-refractivity contribution in [1.29, 1.82) is 0 Å². The third kappa shape index (κ3) is 2.87. The van der Waals surface area contributed by atoms with E-state index in [1.54, 1.807) is 11.3 Å². The number of thiazole rings is 1.